The minimum atomic E-state index is -0.0312. The topological polar surface area (TPSA) is 71.5 Å². The predicted molar refractivity (Wildman–Crippen MR) is 105 cm³/mol. The lowest BCUT2D eigenvalue weighted by Crippen LogP contribution is -2.33. The summed E-state index contributed by atoms with van der Waals surface area (Å²) < 4.78 is 5.85. The second kappa shape index (κ2) is 8.00. The van der Waals surface area contributed by atoms with Crippen LogP contribution in [0.1, 0.15) is 46.3 Å². The van der Waals surface area contributed by atoms with Gasteiger partial charge in [-0.3, -0.25) is 14.6 Å². The SMILES string of the molecule is Cc1ccncc1C(=O)N1CCOc2ccc(CCC(=O)NC3CC3)cc2C1. The maximum absolute atomic E-state index is 13.0. The first-order chi connectivity index (χ1) is 13.6. The maximum atomic E-state index is 13.0. The normalized spacial score (nSPS) is 16.0. The Morgan fingerprint density at radius 3 is 2.93 bits per heavy atom. The van der Waals surface area contributed by atoms with Gasteiger partial charge in [0.05, 0.1) is 12.1 Å². The number of hydrogen-bond donors (Lipinski definition) is 1. The van der Waals surface area contributed by atoms with Crippen molar-refractivity contribution in [3.8, 4) is 5.75 Å². The molecular formula is C22H25N3O3. The third-order valence-corrected chi connectivity index (χ3v) is 5.24. The molecule has 0 unspecified atom stereocenters. The zero-order chi connectivity index (χ0) is 19.5. The van der Waals surface area contributed by atoms with Crippen LogP contribution in [-0.4, -0.2) is 40.9 Å². The third kappa shape index (κ3) is 4.32. The van der Waals surface area contributed by atoms with Crippen LogP contribution in [-0.2, 0) is 17.8 Å². The Labute approximate surface area is 164 Å². The lowest BCUT2D eigenvalue weighted by Gasteiger charge is -2.20. The van der Waals surface area contributed by atoms with Gasteiger partial charge in [0, 0.05) is 37.0 Å². The number of fused-ring (bicyclic) bond motifs is 1. The molecule has 2 amide bonds. The van der Waals surface area contributed by atoms with E-state index in [-0.39, 0.29) is 11.8 Å². The van der Waals surface area contributed by atoms with Crippen LogP contribution in [0.5, 0.6) is 5.75 Å². The number of carbonyl (C=O) groups excluding carboxylic acids is 2. The van der Waals surface area contributed by atoms with Crippen molar-refractivity contribution in [1.29, 1.82) is 0 Å². The fourth-order valence-electron chi connectivity index (χ4n) is 3.42. The van der Waals surface area contributed by atoms with E-state index in [4.69, 9.17) is 4.74 Å². The molecule has 1 aromatic carbocycles. The number of aryl methyl sites for hydroxylation is 2. The Balaban J connectivity index is 1.46. The van der Waals surface area contributed by atoms with Crippen molar-refractivity contribution >= 4 is 11.8 Å². The summed E-state index contributed by atoms with van der Waals surface area (Å²) in [5.41, 5.74) is 3.60. The molecule has 0 bridgehead atoms. The number of nitrogens with zero attached hydrogens (tertiary/aromatic N) is 2. The van der Waals surface area contributed by atoms with E-state index < -0.39 is 0 Å². The Kier molecular flexibility index (Phi) is 5.28. The largest absolute Gasteiger partial charge is 0.491 e. The van der Waals surface area contributed by atoms with Crippen molar-refractivity contribution in [1.82, 2.24) is 15.2 Å². The molecule has 2 heterocycles. The highest BCUT2D eigenvalue weighted by atomic mass is 16.5. The van der Waals surface area contributed by atoms with Gasteiger partial charge < -0.3 is 15.0 Å². The average molecular weight is 379 g/mol. The summed E-state index contributed by atoms with van der Waals surface area (Å²) in [6.07, 6.45) is 6.68. The summed E-state index contributed by atoms with van der Waals surface area (Å²) in [7, 11) is 0. The van der Waals surface area contributed by atoms with Gasteiger partial charge in [0.2, 0.25) is 5.91 Å². The number of aromatic nitrogens is 1. The first-order valence-corrected chi connectivity index (χ1v) is 9.84. The van der Waals surface area contributed by atoms with Gasteiger partial charge in [-0.1, -0.05) is 12.1 Å². The lowest BCUT2D eigenvalue weighted by atomic mass is 10.0. The summed E-state index contributed by atoms with van der Waals surface area (Å²) in [6, 6.07) is 8.25. The standard InChI is InChI=1S/C22H25N3O3/c1-15-8-9-23-13-19(15)22(27)25-10-11-28-20-6-2-16(12-17(20)14-25)3-7-21(26)24-18-4-5-18/h2,6,8-9,12-13,18H,3-5,7,10-11,14H2,1H3,(H,24,26). The van der Waals surface area contributed by atoms with Crippen molar-refractivity contribution < 1.29 is 14.3 Å². The molecule has 1 aliphatic heterocycles. The second-order valence-electron chi connectivity index (χ2n) is 7.55. The van der Waals surface area contributed by atoms with Crippen LogP contribution in [0.3, 0.4) is 0 Å². The highest BCUT2D eigenvalue weighted by molar-refractivity contribution is 5.95. The van der Waals surface area contributed by atoms with Crippen LogP contribution in [0.2, 0.25) is 0 Å². The van der Waals surface area contributed by atoms with Crippen molar-refractivity contribution in [3.63, 3.8) is 0 Å². The maximum Gasteiger partial charge on any atom is 0.256 e. The molecule has 1 aliphatic carbocycles. The van der Waals surface area contributed by atoms with E-state index in [1.165, 1.54) is 0 Å². The summed E-state index contributed by atoms with van der Waals surface area (Å²) >= 11 is 0. The molecule has 0 spiro atoms. The number of rotatable bonds is 5. The lowest BCUT2D eigenvalue weighted by molar-refractivity contribution is -0.121. The fourth-order valence-corrected chi connectivity index (χ4v) is 3.42. The van der Waals surface area contributed by atoms with E-state index in [0.717, 1.165) is 35.3 Å². The van der Waals surface area contributed by atoms with Crippen LogP contribution >= 0.6 is 0 Å². The number of nitrogens with one attached hydrogen (secondary N) is 1. The zero-order valence-corrected chi connectivity index (χ0v) is 16.1. The Bertz CT molecular complexity index is 892. The van der Waals surface area contributed by atoms with Gasteiger partial charge in [0.15, 0.2) is 0 Å². The molecule has 1 aromatic heterocycles. The number of hydrogen-bond acceptors (Lipinski definition) is 4. The highest BCUT2D eigenvalue weighted by Gasteiger charge is 2.24. The number of carbonyl (C=O) groups is 2. The van der Waals surface area contributed by atoms with Gasteiger partial charge in [-0.2, -0.15) is 0 Å². The van der Waals surface area contributed by atoms with Gasteiger partial charge in [-0.25, -0.2) is 0 Å². The Morgan fingerprint density at radius 2 is 2.14 bits per heavy atom. The Morgan fingerprint density at radius 1 is 1.29 bits per heavy atom. The molecule has 1 N–H and O–H groups in total. The van der Waals surface area contributed by atoms with Crippen LogP contribution in [0.25, 0.3) is 0 Å². The fraction of sp³-hybridized carbons (Fsp3) is 0.409. The van der Waals surface area contributed by atoms with Crippen molar-refractivity contribution in [3.05, 3.63) is 58.9 Å². The molecule has 6 heteroatoms. The predicted octanol–water partition coefficient (Wildman–Crippen LogP) is 2.64. The monoisotopic (exact) mass is 379 g/mol. The molecule has 1 fully saturated rings. The number of pyridine rings is 1. The van der Waals surface area contributed by atoms with E-state index >= 15 is 0 Å². The number of amides is 2. The van der Waals surface area contributed by atoms with E-state index in [2.05, 4.69) is 16.4 Å². The quantitative estimate of drug-likeness (QED) is 0.867. The van der Waals surface area contributed by atoms with Gasteiger partial charge in [0.1, 0.15) is 12.4 Å². The van der Waals surface area contributed by atoms with Crippen LogP contribution in [0.15, 0.2) is 36.7 Å². The molecule has 28 heavy (non-hydrogen) atoms. The highest BCUT2D eigenvalue weighted by Crippen LogP contribution is 2.26. The van der Waals surface area contributed by atoms with Crippen molar-refractivity contribution in [2.75, 3.05) is 13.2 Å². The second-order valence-corrected chi connectivity index (χ2v) is 7.55. The molecule has 6 nitrogen and oxygen atoms in total. The summed E-state index contributed by atoms with van der Waals surface area (Å²) in [5.74, 6) is 0.887. The van der Waals surface area contributed by atoms with Gasteiger partial charge >= 0.3 is 0 Å². The summed E-state index contributed by atoms with van der Waals surface area (Å²) in [4.78, 5) is 30.8. The van der Waals surface area contributed by atoms with Crippen LogP contribution < -0.4 is 10.1 Å². The molecule has 146 valence electrons. The molecule has 1 saturated carbocycles. The molecule has 4 rings (SSSR count). The van der Waals surface area contributed by atoms with E-state index in [1.807, 2.05) is 25.1 Å². The van der Waals surface area contributed by atoms with Gasteiger partial charge in [-0.15, -0.1) is 0 Å². The van der Waals surface area contributed by atoms with E-state index in [9.17, 15) is 9.59 Å². The summed E-state index contributed by atoms with van der Waals surface area (Å²) in [6.45, 7) is 3.40. The van der Waals surface area contributed by atoms with Crippen molar-refractivity contribution in [2.45, 2.75) is 45.2 Å². The minimum Gasteiger partial charge on any atom is -0.491 e. The number of ether oxygens (including phenoxy) is 1. The summed E-state index contributed by atoms with van der Waals surface area (Å²) in [5, 5.41) is 3.02. The van der Waals surface area contributed by atoms with Crippen molar-refractivity contribution in [2.24, 2.45) is 0 Å². The van der Waals surface area contributed by atoms with E-state index in [1.54, 1.807) is 17.3 Å². The third-order valence-electron chi connectivity index (χ3n) is 5.24. The molecule has 2 aliphatic rings. The molecule has 0 atom stereocenters. The first kappa shape index (κ1) is 18.5. The Hall–Kier alpha value is -2.89. The molecule has 2 aromatic rings. The molecule has 0 radical (unpaired) electrons. The average Bonchev–Trinajstić information content (AvgIpc) is 3.52. The smallest absolute Gasteiger partial charge is 0.256 e. The number of benzene rings is 1. The minimum absolute atomic E-state index is 0.0312. The molecule has 0 saturated heterocycles. The van der Waals surface area contributed by atoms with Gasteiger partial charge in [-0.05, 0) is 49.4 Å². The van der Waals surface area contributed by atoms with Crippen LogP contribution in [0.4, 0.5) is 0 Å². The molecular weight excluding hydrogens is 354 g/mol. The van der Waals surface area contributed by atoms with E-state index in [0.29, 0.717) is 44.1 Å². The van der Waals surface area contributed by atoms with Gasteiger partial charge in [0.25, 0.3) is 5.91 Å². The first-order valence-electron chi connectivity index (χ1n) is 9.84. The van der Waals surface area contributed by atoms with Crippen LogP contribution in [0, 0.1) is 6.92 Å². The zero-order valence-electron chi connectivity index (χ0n) is 16.1.